The van der Waals surface area contributed by atoms with Crippen LogP contribution in [-0.2, 0) is 0 Å². The molecule has 0 bridgehead atoms. The lowest BCUT2D eigenvalue weighted by Crippen LogP contribution is -2.00. The van der Waals surface area contributed by atoms with Crippen LogP contribution in [0.25, 0.3) is 11.1 Å². The van der Waals surface area contributed by atoms with Crippen LogP contribution < -0.4 is 5.73 Å². The molecule has 0 fully saturated rings. The van der Waals surface area contributed by atoms with Gasteiger partial charge in [-0.15, -0.1) is 0 Å². The summed E-state index contributed by atoms with van der Waals surface area (Å²) in [4.78, 5) is 0. The van der Waals surface area contributed by atoms with Crippen molar-refractivity contribution in [3.63, 3.8) is 0 Å². The molecule has 1 atom stereocenters. The fourth-order valence-electron chi connectivity index (χ4n) is 4.25. The van der Waals surface area contributed by atoms with Gasteiger partial charge in [-0.25, -0.2) is 0 Å². The average Bonchev–Trinajstić information content (AvgIpc) is 2.80. The van der Waals surface area contributed by atoms with Crippen molar-refractivity contribution in [1.29, 1.82) is 0 Å². The Kier molecular flexibility index (Phi) is 4.61. The highest BCUT2D eigenvalue weighted by molar-refractivity contribution is 6.00. The van der Waals surface area contributed by atoms with Crippen molar-refractivity contribution in [3.8, 4) is 0 Å². The molecule has 27 heavy (non-hydrogen) atoms. The maximum atomic E-state index is 6.15. The molecule has 1 aliphatic carbocycles. The monoisotopic (exact) mass is 353 g/mol. The third-order valence-electron chi connectivity index (χ3n) is 5.82. The van der Waals surface area contributed by atoms with Gasteiger partial charge in [0.2, 0.25) is 0 Å². The zero-order valence-corrected chi connectivity index (χ0v) is 16.4. The van der Waals surface area contributed by atoms with Crippen molar-refractivity contribution in [1.82, 2.24) is 0 Å². The van der Waals surface area contributed by atoms with Crippen molar-refractivity contribution in [2.45, 2.75) is 39.5 Å². The van der Waals surface area contributed by atoms with Crippen LogP contribution in [0, 0.1) is 13.8 Å². The summed E-state index contributed by atoms with van der Waals surface area (Å²) in [6, 6.07) is 24.2. The van der Waals surface area contributed by atoms with Crippen molar-refractivity contribution < 1.29 is 0 Å². The molecule has 1 nitrogen and oxygen atoms in total. The number of fused-ring (bicyclic) bond motifs is 1. The second-order valence-corrected chi connectivity index (χ2v) is 7.82. The standard InChI is InChI=1S/C26H27N/c1-17-8-11-20(12-9-17)26-23(22-7-5-4-6-18(22)2)14-10-19(3)25-16-21(27)13-15-24(25)26/h4-9,11-13,15-16,19H,10,14,27H2,1-3H3. The Bertz CT molecular complexity index is 1010. The number of nitrogens with two attached hydrogens (primary N) is 1. The molecule has 2 N–H and O–H groups in total. The Labute approximate surface area is 162 Å². The minimum Gasteiger partial charge on any atom is -0.399 e. The molecule has 136 valence electrons. The quantitative estimate of drug-likeness (QED) is 0.507. The summed E-state index contributed by atoms with van der Waals surface area (Å²) < 4.78 is 0. The summed E-state index contributed by atoms with van der Waals surface area (Å²) in [7, 11) is 0. The smallest absolute Gasteiger partial charge is 0.0317 e. The van der Waals surface area contributed by atoms with Gasteiger partial charge < -0.3 is 5.73 Å². The fourth-order valence-corrected chi connectivity index (χ4v) is 4.25. The Morgan fingerprint density at radius 2 is 1.59 bits per heavy atom. The third kappa shape index (κ3) is 3.30. The first-order valence-electron chi connectivity index (χ1n) is 9.80. The largest absolute Gasteiger partial charge is 0.399 e. The second kappa shape index (κ2) is 7.08. The lowest BCUT2D eigenvalue weighted by atomic mass is 9.86. The topological polar surface area (TPSA) is 26.0 Å². The summed E-state index contributed by atoms with van der Waals surface area (Å²) in [6.45, 7) is 6.68. The van der Waals surface area contributed by atoms with E-state index in [1.807, 2.05) is 6.07 Å². The van der Waals surface area contributed by atoms with E-state index in [4.69, 9.17) is 5.73 Å². The second-order valence-electron chi connectivity index (χ2n) is 7.82. The lowest BCUT2D eigenvalue weighted by molar-refractivity contribution is 0.701. The first-order chi connectivity index (χ1) is 13.0. The highest BCUT2D eigenvalue weighted by atomic mass is 14.5. The molecule has 4 rings (SSSR count). The highest BCUT2D eigenvalue weighted by Crippen LogP contribution is 2.44. The first kappa shape index (κ1) is 17.6. The van der Waals surface area contributed by atoms with E-state index in [0.29, 0.717) is 5.92 Å². The summed E-state index contributed by atoms with van der Waals surface area (Å²) in [5, 5.41) is 0. The zero-order valence-electron chi connectivity index (χ0n) is 16.4. The van der Waals surface area contributed by atoms with Gasteiger partial charge in [0.25, 0.3) is 0 Å². The van der Waals surface area contributed by atoms with Crippen molar-refractivity contribution >= 4 is 16.8 Å². The number of hydrogen-bond acceptors (Lipinski definition) is 1. The van der Waals surface area contributed by atoms with Gasteiger partial charge >= 0.3 is 0 Å². The minimum absolute atomic E-state index is 0.491. The van der Waals surface area contributed by atoms with Crippen molar-refractivity contribution in [2.75, 3.05) is 5.73 Å². The zero-order chi connectivity index (χ0) is 19.0. The molecule has 1 unspecified atom stereocenters. The fraction of sp³-hybridized carbons (Fsp3) is 0.231. The molecule has 0 aliphatic heterocycles. The van der Waals surface area contributed by atoms with E-state index in [-0.39, 0.29) is 0 Å². The van der Waals surface area contributed by atoms with Crippen LogP contribution in [-0.4, -0.2) is 0 Å². The van der Waals surface area contributed by atoms with Crippen LogP contribution in [0.2, 0.25) is 0 Å². The molecular weight excluding hydrogens is 326 g/mol. The lowest BCUT2D eigenvalue weighted by Gasteiger charge is -2.19. The van der Waals surface area contributed by atoms with E-state index in [1.165, 1.54) is 44.5 Å². The number of anilines is 1. The molecule has 0 aromatic heterocycles. The first-order valence-corrected chi connectivity index (χ1v) is 9.80. The van der Waals surface area contributed by atoms with Crippen LogP contribution in [0.15, 0.2) is 66.7 Å². The van der Waals surface area contributed by atoms with Gasteiger partial charge in [0, 0.05) is 5.69 Å². The van der Waals surface area contributed by atoms with E-state index >= 15 is 0 Å². The average molecular weight is 354 g/mol. The number of nitrogen functional groups attached to an aromatic ring is 1. The third-order valence-corrected chi connectivity index (χ3v) is 5.82. The van der Waals surface area contributed by atoms with E-state index in [1.54, 1.807) is 0 Å². The predicted molar refractivity (Wildman–Crippen MR) is 117 cm³/mol. The molecule has 0 saturated carbocycles. The van der Waals surface area contributed by atoms with Crippen LogP contribution in [0.1, 0.15) is 59.1 Å². The van der Waals surface area contributed by atoms with Crippen LogP contribution in [0.5, 0.6) is 0 Å². The van der Waals surface area contributed by atoms with E-state index in [0.717, 1.165) is 18.5 Å². The van der Waals surface area contributed by atoms with Gasteiger partial charge in [-0.05, 0) is 83.7 Å². The summed E-state index contributed by atoms with van der Waals surface area (Å²) in [6.07, 6.45) is 2.21. The Morgan fingerprint density at radius 1 is 0.852 bits per heavy atom. The van der Waals surface area contributed by atoms with E-state index in [2.05, 4.69) is 81.4 Å². The molecule has 1 aliphatic rings. The Hall–Kier alpha value is -2.80. The van der Waals surface area contributed by atoms with Crippen LogP contribution >= 0.6 is 0 Å². The number of rotatable bonds is 2. The van der Waals surface area contributed by atoms with Crippen LogP contribution in [0.4, 0.5) is 5.69 Å². The van der Waals surface area contributed by atoms with Gasteiger partial charge in [-0.3, -0.25) is 0 Å². The summed E-state index contributed by atoms with van der Waals surface area (Å²) in [5.74, 6) is 0.491. The van der Waals surface area contributed by atoms with E-state index in [9.17, 15) is 0 Å². The van der Waals surface area contributed by atoms with Crippen LogP contribution in [0.3, 0.4) is 0 Å². The number of benzene rings is 3. The number of aryl methyl sites for hydroxylation is 2. The maximum absolute atomic E-state index is 6.15. The molecule has 0 saturated heterocycles. The normalized spacial score (nSPS) is 16.8. The summed E-state index contributed by atoms with van der Waals surface area (Å²) in [5.41, 5.74) is 17.8. The van der Waals surface area contributed by atoms with Gasteiger partial charge in [-0.2, -0.15) is 0 Å². The number of hydrogen-bond donors (Lipinski definition) is 1. The van der Waals surface area contributed by atoms with Gasteiger partial charge in [0.15, 0.2) is 0 Å². The molecule has 3 aromatic rings. The Morgan fingerprint density at radius 3 is 2.33 bits per heavy atom. The number of allylic oxidation sites excluding steroid dienone is 1. The Balaban J connectivity index is 2.06. The molecule has 0 amide bonds. The highest BCUT2D eigenvalue weighted by Gasteiger charge is 2.24. The minimum atomic E-state index is 0.491. The predicted octanol–water partition coefficient (Wildman–Crippen LogP) is 6.74. The SMILES string of the molecule is Cc1ccc(C2=C(c3ccccc3C)CCC(C)c3cc(N)ccc32)cc1. The molecule has 0 radical (unpaired) electrons. The van der Waals surface area contributed by atoms with Gasteiger partial charge in [-0.1, -0.05) is 67.1 Å². The molecule has 0 heterocycles. The maximum Gasteiger partial charge on any atom is 0.0317 e. The van der Waals surface area contributed by atoms with Crippen molar-refractivity contribution in [3.05, 3.63) is 100 Å². The van der Waals surface area contributed by atoms with Gasteiger partial charge in [0.1, 0.15) is 0 Å². The van der Waals surface area contributed by atoms with Gasteiger partial charge in [0.05, 0.1) is 0 Å². The molecule has 0 spiro atoms. The molecular formula is C26H27N. The van der Waals surface area contributed by atoms with E-state index < -0.39 is 0 Å². The van der Waals surface area contributed by atoms with Crippen molar-refractivity contribution in [2.24, 2.45) is 0 Å². The summed E-state index contributed by atoms with van der Waals surface area (Å²) >= 11 is 0. The molecule has 1 heteroatoms. The molecule has 3 aromatic carbocycles.